The summed E-state index contributed by atoms with van der Waals surface area (Å²) in [5.41, 5.74) is 3.33. The van der Waals surface area contributed by atoms with E-state index in [4.69, 9.17) is 4.52 Å². The third-order valence-corrected chi connectivity index (χ3v) is 4.42. The molecule has 124 valence electrons. The summed E-state index contributed by atoms with van der Waals surface area (Å²) in [6.45, 7) is 2.66. The number of aryl methyl sites for hydroxylation is 2. The van der Waals surface area contributed by atoms with Gasteiger partial charge < -0.3 is 9.84 Å². The molecule has 24 heavy (non-hydrogen) atoms. The predicted octanol–water partition coefficient (Wildman–Crippen LogP) is 3.61. The molecule has 0 bridgehead atoms. The summed E-state index contributed by atoms with van der Waals surface area (Å²) in [7, 11) is 0. The van der Waals surface area contributed by atoms with Crippen molar-refractivity contribution in [2.75, 3.05) is 0 Å². The second-order valence-electron chi connectivity index (χ2n) is 5.47. The number of carbonyl (C=O) groups excluding carboxylic acids is 1. The first kappa shape index (κ1) is 16.4. The summed E-state index contributed by atoms with van der Waals surface area (Å²) in [5.74, 6) is 1.03. The molecule has 2 aromatic heterocycles. The topological polar surface area (TPSA) is 68.0 Å². The van der Waals surface area contributed by atoms with E-state index >= 15 is 0 Å². The van der Waals surface area contributed by atoms with Gasteiger partial charge in [0.2, 0.25) is 17.6 Å². The van der Waals surface area contributed by atoms with Crippen molar-refractivity contribution in [2.24, 2.45) is 0 Å². The lowest BCUT2D eigenvalue weighted by atomic mass is 10.1. The zero-order valence-electron chi connectivity index (χ0n) is 13.5. The van der Waals surface area contributed by atoms with Crippen molar-refractivity contribution in [3.8, 4) is 11.4 Å². The zero-order chi connectivity index (χ0) is 16.8. The number of hydrogen-bond acceptors (Lipinski definition) is 5. The molecular formula is C18H19N3O2S. The highest BCUT2D eigenvalue weighted by Gasteiger charge is 2.10. The van der Waals surface area contributed by atoms with E-state index in [1.807, 2.05) is 29.0 Å². The number of carbonyl (C=O) groups is 1. The van der Waals surface area contributed by atoms with Crippen LogP contribution >= 0.6 is 11.3 Å². The van der Waals surface area contributed by atoms with Gasteiger partial charge in [-0.15, -0.1) is 0 Å². The minimum Gasteiger partial charge on any atom is -0.352 e. The Morgan fingerprint density at radius 1 is 1.21 bits per heavy atom. The van der Waals surface area contributed by atoms with Gasteiger partial charge in [0, 0.05) is 30.3 Å². The highest BCUT2D eigenvalue weighted by atomic mass is 32.1. The minimum absolute atomic E-state index is 0.0233. The summed E-state index contributed by atoms with van der Waals surface area (Å²) in [4.78, 5) is 16.3. The van der Waals surface area contributed by atoms with Crippen LogP contribution in [-0.2, 0) is 24.2 Å². The third kappa shape index (κ3) is 4.29. The molecule has 0 saturated heterocycles. The fraction of sp³-hybridized carbons (Fsp3) is 0.278. The average Bonchev–Trinajstić information content (AvgIpc) is 3.29. The molecule has 0 aliphatic carbocycles. The lowest BCUT2D eigenvalue weighted by molar-refractivity contribution is -0.121. The Hall–Kier alpha value is -2.47. The lowest BCUT2D eigenvalue weighted by Gasteiger charge is -2.05. The second kappa shape index (κ2) is 7.88. The smallest absolute Gasteiger partial charge is 0.227 e. The standard InChI is InChI=1S/C18H19N3O2S/c1-2-13-3-5-14(6-4-13)11-19-16(22)7-8-17-20-18(21-23-17)15-9-10-24-12-15/h3-6,9-10,12H,2,7-8,11H2,1H3,(H,19,22). The van der Waals surface area contributed by atoms with Crippen LogP contribution in [0.1, 0.15) is 30.4 Å². The van der Waals surface area contributed by atoms with Crippen molar-refractivity contribution in [2.45, 2.75) is 32.7 Å². The van der Waals surface area contributed by atoms with E-state index in [-0.39, 0.29) is 5.91 Å². The summed E-state index contributed by atoms with van der Waals surface area (Å²) in [6, 6.07) is 10.2. The van der Waals surface area contributed by atoms with Crippen molar-refractivity contribution >= 4 is 17.2 Å². The zero-order valence-corrected chi connectivity index (χ0v) is 14.3. The molecule has 6 heteroatoms. The molecule has 1 amide bonds. The van der Waals surface area contributed by atoms with Gasteiger partial charge in [0.15, 0.2) is 0 Å². The molecule has 1 aromatic carbocycles. The normalized spacial score (nSPS) is 10.7. The largest absolute Gasteiger partial charge is 0.352 e. The Morgan fingerprint density at radius 2 is 2.00 bits per heavy atom. The van der Waals surface area contributed by atoms with Crippen LogP contribution in [0.25, 0.3) is 11.4 Å². The van der Waals surface area contributed by atoms with E-state index in [0.717, 1.165) is 17.5 Å². The van der Waals surface area contributed by atoms with Crippen LogP contribution in [0, 0.1) is 0 Å². The first-order chi connectivity index (χ1) is 11.7. The van der Waals surface area contributed by atoms with Gasteiger partial charge in [0.05, 0.1) is 0 Å². The van der Waals surface area contributed by atoms with Crippen LogP contribution in [0.5, 0.6) is 0 Å². The van der Waals surface area contributed by atoms with Crippen LogP contribution in [0.2, 0.25) is 0 Å². The molecule has 2 heterocycles. The van der Waals surface area contributed by atoms with E-state index in [1.54, 1.807) is 11.3 Å². The molecule has 0 radical (unpaired) electrons. The van der Waals surface area contributed by atoms with Gasteiger partial charge in [-0.3, -0.25) is 4.79 Å². The molecule has 1 N–H and O–H groups in total. The van der Waals surface area contributed by atoms with E-state index in [2.05, 4.69) is 34.5 Å². The summed E-state index contributed by atoms with van der Waals surface area (Å²) in [6.07, 6.45) is 1.79. The van der Waals surface area contributed by atoms with Gasteiger partial charge in [-0.25, -0.2) is 0 Å². The number of benzene rings is 1. The molecule has 0 fully saturated rings. The van der Waals surface area contributed by atoms with Gasteiger partial charge in [-0.1, -0.05) is 36.3 Å². The maximum atomic E-state index is 11.9. The van der Waals surface area contributed by atoms with Gasteiger partial charge in [-0.05, 0) is 29.0 Å². The van der Waals surface area contributed by atoms with Crippen molar-refractivity contribution in [3.63, 3.8) is 0 Å². The molecule has 0 aliphatic heterocycles. The number of hydrogen-bond donors (Lipinski definition) is 1. The van der Waals surface area contributed by atoms with E-state index < -0.39 is 0 Å². The van der Waals surface area contributed by atoms with Crippen LogP contribution in [0.15, 0.2) is 45.6 Å². The van der Waals surface area contributed by atoms with Gasteiger partial charge >= 0.3 is 0 Å². The molecule has 0 unspecified atom stereocenters. The Bertz CT molecular complexity index is 779. The SMILES string of the molecule is CCc1ccc(CNC(=O)CCc2nc(-c3ccsc3)no2)cc1. The predicted molar refractivity (Wildman–Crippen MR) is 93.6 cm³/mol. The fourth-order valence-electron chi connectivity index (χ4n) is 2.27. The van der Waals surface area contributed by atoms with Crippen LogP contribution in [0.3, 0.4) is 0 Å². The summed E-state index contributed by atoms with van der Waals surface area (Å²) >= 11 is 1.58. The molecule has 3 aromatic rings. The van der Waals surface area contributed by atoms with E-state index in [1.165, 1.54) is 5.56 Å². The average molecular weight is 341 g/mol. The summed E-state index contributed by atoms with van der Waals surface area (Å²) < 4.78 is 5.19. The Morgan fingerprint density at radius 3 is 2.71 bits per heavy atom. The number of amides is 1. The van der Waals surface area contributed by atoms with Crippen LogP contribution in [0.4, 0.5) is 0 Å². The van der Waals surface area contributed by atoms with Crippen molar-refractivity contribution < 1.29 is 9.32 Å². The first-order valence-electron chi connectivity index (χ1n) is 7.94. The Kier molecular flexibility index (Phi) is 5.38. The van der Waals surface area contributed by atoms with Crippen LogP contribution in [-0.4, -0.2) is 16.0 Å². The van der Waals surface area contributed by atoms with Gasteiger partial charge in [-0.2, -0.15) is 16.3 Å². The van der Waals surface area contributed by atoms with E-state index in [9.17, 15) is 4.79 Å². The Balaban J connectivity index is 1.45. The molecule has 3 rings (SSSR count). The molecule has 0 spiro atoms. The maximum absolute atomic E-state index is 11.9. The number of nitrogens with one attached hydrogen (secondary N) is 1. The molecule has 0 atom stereocenters. The maximum Gasteiger partial charge on any atom is 0.227 e. The highest BCUT2D eigenvalue weighted by Crippen LogP contribution is 2.18. The minimum atomic E-state index is -0.0233. The molecule has 0 saturated carbocycles. The lowest BCUT2D eigenvalue weighted by Crippen LogP contribution is -2.23. The number of rotatable bonds is 7. The van der Waals surface area contributed by atoms with Crippen LogP contribution < -0.4 is 5.32 Å². The fourth-order valence-corrected chi connectivity index (χ4v) is 2.90. The molecule has 0 aliphatic rings. The highest BCUT2D eigenvalue weighted by molar-refractivity contribution is 7.08. The number of aromatic nitrogens is 2. The van der Waals surface area contributed by atoms with Crippen molar-refractivity contribution in [1.29, 1.82) is 0 Å². The van der Waals surface area contributed by atoms with Gasteiger partial charge in [0.25, 0.3) is 0 Å². The second-order valence-corrected chi connectivity index (χ2v) is 6.25. The molecule has 5 nitrogen and oxygen atoms in total. The number of nitrogens with zero attached hydrogens (tertiary/aromatic N) is 2. The quantitative estimate of drug-likeness (QED) is 0.713. The monoisotopic (exact) mass is 341 g/mol. The van der Waals surface area contributed by atoms with Crippen molar-refractivity contribution in [3.05, 3.63) is 58.1 Å². The third-order valence-electron chi connectivity index (χ3n) is 3.73. The Labute approximate surface area is 144 Å². The van der Waals surface area contributed by atoms with E-state index in [0.29, 0.717) is 31.1 Å². The number of thiophene rings is 1. The van der Waals surface area contributed by atoms with Crippen molar-refractivity contribution in [1.82, 2.24) is 15.5 Å². The summed E-state index contributed by atoms with van der Waals surface area (Å²) in [5, 5.41) is 10.8. The first-order valence-corrected chi connectivity index (χ1v) is 8.88. The van der Waals surface area contributed by atoms with Gasteiger partial charge in [0.1, 0.15) is 0 Å². The molecular weight excluding hydrogens is 322 g/mol.